The highest BCUT2D eigenvalue weighted by molar-refractivity contribution is 5.92. The summed E-state index contributed by atoms with van der Waals surface area (Å²) in [6.07, 6.45) is -0.980. The topological polar surface area (TPSA) is 73.9 Å². The molecule has 25 heavy (non-hydrogen) atoms. The van der Waals surface area contributed by atoms with Gasteiger partial charge in [0.05, 0.1) is 5.56 Å². The lowest BCUT2D eigenvalue weighted by molar-refractivity contribution is -0.129. The Hall–Kier alpha value is -3.09. The van der Waals surface area contributed by atoms with Crippen molar-refractivity contribution in [3.05, 3.63) is 59.4 Å². The van der Waals surface area contributed by atoms with Gasteiger partial charge in [0.1, 0.15) is 5.82 Å². The zero-order chi connectivity index (χ0) is 17.8. The van der Waals surface area contributed by atoms with Gasteiger partial charge in [0, 0.05) is 6.54 Å². The van der Waals surface area contributed by atoms with Crippen LogP contribution in [0.1, 0.15) is 22.8 Å². The number of benzene rings is 2. The van der Waals surface area contributed by atoms with Crippen molar-refractivity contribution in [2.75, 3.05) is 6.79 Å². The molecule has 0 fully saturated rings. The highest BCUT2D eigenvalue weighted by Crippen LogP contribution is 2.32. The van der Waals surface area contributed by atoms with E-state index in [1.54, 1.807) is 12.1 Å². The van der Waals surface area contributed by atoms with Crippen molar-refractivity contribution in [1.29, 1.82) is 0 Å². The van der Waals surface area contributed by atoms with Crippen molar-refractivity contribution < 1.29 is 28.2 Å². The Morgan fingerprint density at radius 1 is 1.16 bits per heavy atom. The number of fused-ring (bicyclic) bond motifs is 1. The van der Waals surface area contributed by atoms with E-state index in [0.29, 0.717) is 11.5 Å². The van der Waals surface area contributed by atoms with Gasteiger partial charge >= 0.3 is 5.97 Å². The molecule has 1 atom stereocenters. The predicted molar refractivity (Wildman–Crippen MR) is 85.7 cm³/mol. The number of nitrogens with one attached hydrogen (secondary N) is 1. The number of ether oxygens (including phenoxy) is 3. The van der Waals surface area contributed by atoms with Gasteiger partial charge in [-0.25, -0.2) is 9.18 Å². The number of carbonyl (C=O) groups excluding carboxylic acids is 2. The fraction of sp³-hybridized carbons (Fsp3) is 0.222. The average molecular weight is 345 g/mol. The van der Waals surface area contributed by atoms with Crippen molar-refractivity contribution in [3.63, 3.8) is 0 Å². The standard InChI is InChI=1S/C18H16FNO5/c1-11(25-18(22)13-3-5-14(19)6-4-13)17(21)20-9-12-2-7-15-16(8-12)24-10-23-15/h2-8,11H,9-10H2,1H3,(H,20,21). The molecule has 0 spiro atoms. The van der Waals surface area contributed by atoms with Crippen LogP contribution in [0.3, 0.4) is 0 Å². The number of amides is 1. The number of hydrogen-bond donors (Lipinski definition) is 1. The molecule has 0 saturated heterocycles. The number of hydrogen-bond acceptors (Lipinski definition) is 5. The molecule has 2 aromatic rings. The Bertz CT molecular complexity index is 791. The van der Waals surface area contributed by atoms with Crippen LogP contribution in [-0.4, -0.2) is 24.8 Å². The van der Waals surface area contributed by atoms with Crippen LogP contribution in [0.15, 0.2) is 42.5 Å². The van der Waals surface area contributed by atoms with Crippen LogP contribution in [0, 0.1) is 5.82 Å². The summed E-state index contributed by atoms with van der Waals surface area (Å²) in [5, 5.41) is 2.68. The second-order valence-corrected chi connectivity index (χ2v) is 5.46. The molecule has 1 N–H and O–H groups in total. The summed E-state index contributed by atoms with van der Waals surface area (Å²) >= 11 is 0. The summed E-state index contributed by atoms with van der Waals surface area (Å²) in [6, 6.07) is 10.3. The van der Waals surface area contributed by atoms with Crippen molar-refractivity contribution >= 4 is 11.9 Å². The maximum atomic E-state index is 12.9. The molecule has 1 heterocycles. The average Bonchev–Trinajstić information content (AvgIpc) is 3.07. The fourth-order valence-corrected chi connectivity index (χ4v) is 2.25. The molecule has 0 aromatic heterocycles. The number of esters is 1. The van der Waals surface area contributed by atoms with Gasteiger partial charge in [0.15, 0.2) is 17.6 Å². The molecule has 3 rings (SSSR count). The van der Waals surface area contributed by atoms with Gasteiger partial charge in [-0.3, -0.25) is 4.79 Å². The summed E-state index contributed by atoms with van der Waals surface area (Å²) in [7, 11) is 0. The summed E-state index contributed by atoms with van der Waals surface area (Å²) in [5.41, 5.74) is 1.01. The first-order valence-electron chi connectivity index (χ1n) is 7.66. The quantitative estimate of drug-likeness (QED) is 0.843. The van der Waals surface area contributed by atoms with E-state index in [4.69, 9.17) is 14.2 Å². The van der Waals surface area contributed by atoms with Crippen LogP contribution in [-0.2, 0) is 16.1 Å². The Labute approximate surface area is 143 Å². The molecule has 0 bridgehead atoms. The second-order valence-electron chi connectivity index (χ2n) is 5.46. The van der Waals surface area contributed by atoms with Gasteiger partial charge in [-0.1, -0.05) is 6.07 Å². The molecular formula is C18H16FNO5. The number of halogens is 1. The molecule has 7 heteroatoms. The zero-order valence-electron chi connectivity index (χ0n) is 13.5. The van der Waals surface area contributed by atoms with Crippen LogP contribution in [0.5, 0.6) is 11.5 Å². The van der Waals surface area contributed by atoms with E-state index >= 15 is 0 Å². The van der Waals surface area contributed by atoms with Crippen LogP contribution >= 0.6 is 0 Å². The predicted octanol–water partition coefficient (Wildman–Crippen LogP) is 2.42. The normalized spacial score (nSPS) is 13.2. The summed E-state index contributed by atoms with van der Waals surface area (Å²) in [5.74, 6) is -0.288. The molecule has 1 amide bonds. The van der Waals surface area contributed by atoms with Gasteiger partial charge < -0.3 is 19.5 Å². The van der Waals surface area contributed by atoms with Crippen LogP contribution in [0.4, 0.5) is 4.39 Å². The first kappa shape index (κ1) is 16.8. The highest BCUT2D eigenvalue weighted by atomic mass is 19.1. The lowest BCUT2D eigenvalue weighted by Gasteiger charge is -2.13. The van der Waals surface area contributed by atoms with Crippen LogP contribution < -0.4 is 14.8 Å². The zero-order valence-corrected chi connectivity index (χ0v) is 13.5. The molecule has 0 aliphatic carbocycles. The Morgan fingerprint density at radius 3 is 2.64 bits per heavy atom. The molecule has 1 aliphatic rings. The van der Waals surface area contributed by atoms with Crippen molar-refractivity contribution in [2.24, 2.45) is 0 Å². The van der Waals surface area contributed by atoms with Crippen molar-refractivity contribution in [3.8, 4) is 11.5 Å². The van der Waals surface area contributed by atoms with Gasteiger partial charge in [0.2, 0.25) is 6.79 Å². The minimum Gasteiger partial charge on any atom is -0.454 e. The number of rotatable bonds is 5. The first-order chi connectivity index (χ1) is 12.0. The lowest BCUT2D eigenvalue weighted by Crippen LogP contribution is -2.35. The lowest BCUT2D eigenvalue weighted by atomic mass is 10.2. The third-order valence-electron chi connectivity index (χ3n) is 3.64. The maximum absolute atomic E-state index is 12.9. The summed E-state index contributed by atoms with van der Waals surface area (Å²) in [6.45, 7) is 1.91. The minimum atomic E-state index is -0.980. The second kappa shape index (κ2) is 7.21. The molecule has 1 aliphatic heterocycles. The van der Waals surface area contributed by atoms with E-state index in [1.807, 2.05) is 6.07 Å². The van der Waals surface area contributed by atoms with Gasteiger partial charge in [-0.05, 0) is 48.9 Å². The van der Waals surface area contributed by atoms with Gasteiger partial charge in [0.25, 0.3) is 5.91 Å². The number of carbonyl (C=O) groups is 2. The van der Waals surface area contributed by atoms with Crippen molar-refractivity contribution in [2.45, 2.75) is 19.6 Å². The maximum Gasteiger partial charge on any atom is 0.338 e. The van der Waals surface area contributed by atoms with Gasteiger partial charge in [-0.15, -0.1) is 0 Å². The van der Waals surface area contributed by atoms with E-state index in [1.165, 1.54) is 19.1 Å². The SMILES string of the molecule is CC(OC(=O)c1ccc(F)cc1)C(=O)NCc1ccc2c(c1)OCO2. The Kier molecular flexibility index (Phi) is 4.83. The van der Waals surface area contributed by atoms with Gasteiger partial charge in [-0.2, -0.15) is 0 Å². The molecule has 130 valence electrons. The molecule has 0 radical (unpaired) electrons. The smallest absolute Gasteiger partial charge is 0.338 e. The Balaban J connectivity index is 1.52. The van der Waals surface area contributed by atoms with E-state index < -0.39 is 23.8 Å². The van der Waals surface area contributed by atoms with E-state index in [9.17, 15) is 14.0 Å². The van der Waals surface area contributed by atoms with E-state index in [2.05, 4.69) is 5.32 Å². The van der Waals surface area contributed by atoms with Crippen LogP contribution in [0.2, 0.25) is 0 Å². The fourth-order valence-electron chi connectivity index (χ4n) is 2.25. The van der Waals surface area contributed by atoms with E-state index in [-0.39, 0.29) is 18.9 Å². The van der Waals surface area contributed by atoms with Crippen molar-refractivity contribution in [1.82, 2.24) is 5.32 Å². The molecular weight excluding hydrogens is 329 g/mol. The summed E-state index contributed by atoms with van der Waals surface area (Å²) in [4.78, 5) is 24.0. The monoisotopic (exact) mass is 345 g/mol. The molecule has 6 nitrogen and oxygen atoms in total. The molecule has 2 aromatic carbocycles. The molecule has 0 saturated carbocycles. The highest BCUT2D eigenvalue weighted by Gasteiger charge is 2.19. The largest absolute Gasteiger partial charge is 0.454 e. The van der Waals surface area contributed by atoms with Crippen LogP contribution in [0.25, 0.3) is 0 Å². The third-order valence-corrected chi connectivity index (χ3v) is 3.64. The minimum absolute atomic E-state index is 0.178. The first-order valence-corrected chi connectivity index (χ1v) is 7.66. The Morgan fingerprint density at radius 2 is 1.88 bits per heavy atom. The molecule has 1 unspecified atom stereocenters. The van der Waals surface area contributed by atoms with E-state index in [0.717, 1.165) is 17.7 Å². The third kappa shape index (κ3) is 4.06. The summed E-state index contributed by atoms with van der Waals surface area (Å²) < 4.78 is 28.4.